The van der Waals surface area contributed by atoms with Gasteiger partial charge in [-0.3, -0.25) is 4.79 Å². The minimum atomic E-state index is -0.746. The maximum Gasteiger partial charge on any atom is 0.222 e. The normalized spacial score (nSPS) is 13.8. The smallest absolute Gasteiger partial charge is 0.222 e. The van der Waals surface area contributed by atoms with Crippen LogP contribution in [0.3, 0.4) is 0 Å². The molecule has 0 fully saturated rings. The summed E-state index contributed by atoms with van der Waals surface area (Å²) in [5.41, 5.74) is 0. The first-order chi connectivity index (χ1) is 22.0. The molecule has 268 valence electrons. The molecule has 45 heavy (non-hydrogen) atoms. The van der Waals surface area contributed by atoms with E-state index in [1.165, 1.54) is 148 Å². The van der Waals surface area contributed by atoms with E-state index in [2.05, 4.69) is 31.3 Å². The average Bonchev–Trinajstić information content (AvgIpc) is 3.03. The molecule has 0 aliphatic heterocycles. The number of aliphatic hydroxyl groups excluding tert-OH is 3. The van der Waals surface area contributed by atoms with Gasteiger partial charge >= 0.3 is 0 Å². The van der Waals surface area contributed by atoms with E-state index < -0.39 is 18.2 Å². The molecule has 1 amide bonds. The van der Waals surface area contributed by atoms with Gasteiger partial charge < -0.3 is 20.6 Å². The van der Waals surface area contributed by atoms with Crippen LogP contribution in [0.5, 0.6) is 0 Å². The Morgan fingerprint density at radius 2 is 0.889 bits per heavy atom. The molecule has 0 aromatic rings. The fraction of sp³-hybridized carbons (Fsp3) is 0.925. The Kier molecular flexibility index (Phi) is 35.2. The van der Waals surface area contributed by atoms with Crippen molar-refractivity contribution in [2.24, 2.45) is 0 Å². The first-order valence-electron chi connectivity index (χ1n) is 20.0. The van der Waals surface area contributed by atoms with Crippen molar-refractivity contribution in [2.45, 2.75) is 231 Å². The van der Waals surface area contributed by atoms with Crippen molar-refractivity contribution in [3.05, 3.63) is 12.2 Å². The van der Waals surface area contributed by atoms with Gasteiger partial charge in [-0.2, -0.15) is 0 Å². The van der Waals surface area contributed by atoms with E-state index in [4.69, 9.17) is 0 Å². The van der Waals surface area contributed by atoms with Crippen LogP contribution in [0, 0.1) is 0 Å². The molecule has 0 aromatic carbocycles. The van der Waals surface area contributed by atoms with Gasteiger partial charge in [0, 0.05) is 0 Å². The largest absolute Gasteiger partial charge is 0.394 e. The molecule has 0 radical (unpaired) electrons. The van der Waals surface area contributed by atoms with Crippen molar-refractivity contribution in [3.63, 3.8) is 0 Å². The molecule has 4 N–H and O–H groups in total. The molecular formula is C40H79NO4. The van der Waals surface area contributed by atoms with Crippen LogP contribution in [-0.4, -0.2) is 46.1 Å². The summed E-state index contributed by atoms with van der Waals surface area (Å²) in [6, 6.07) is -0.656. The molecule has 0 saturated heterocycles. The number of aliphatic hydroxyl groups is 3. The standard InChI is InChI=1S/C40H79NO4/c1-3-5-7-9-11-13-15-16-17-18-19-20-21-22-23-24-25-27-29-31-33-37(43)35-40(45)41-38(36-42)39(44)34-32-30-28-26-14-12-10-8-6-4-2/h21-22,37-39,42-44H,3-20,23-36H2,1-2H3,(H,41,45)/b22-21-. The van der Waals surface area contributed by atoms with Crippen molar-refractivity contribution >= 4 is 5.91 Å². The molecule has 0 aromatic heterocycles. The topological polar surface area (TPSA) is 89.8 Å². The highest BCUT2D eigenvalue weighted by atomic mass is 16.3. The number of amides is 1. The zero-order chi connectivity index (χ0) is 33.1. The molecule has 0 aliphatic rings. The van der Waals surface area contributed by atoms with Gasteiger partial charge in [0.2, 0.25) is 5.91 Å². The van der Waals surface area contributed by atoms with Crippen LogP contribution in [0.15, 0.2) is 12.2 Å². The van der Waals surface area contributed by atoms with Crippen LogP contribution < -0.4 is 5.32 Å². The van der Waals surface area contributed by atoms with Crippen LogP contribution in [0.2, 0.25) is 0 Å². The Hall–Kier alpha value is -0.910. The van der Waals surface area contributed by atoms with E-state index >= 15 is 0 Å². The van der Waals surface area contributed by atoms with Gasteiger partial charge in [-0.05, 0) is 38.5 Å². The fourth-order valence-corrected chi connectivity index (χ4v) is 6.22. The van der Waals surface area contributed by atoms with E-state index in [1.807, 2.05) is 0 Å². The monoisotopic (exact) mass is 638 g/mol. The number of carbonyl (C=O) groups excluding carboxylic acids is 1. The zero-order valence-electron chi connectivity index (χ0n) is 30.3. The first kappa shape index (κ1) is 44.1. The summed E-state index contributed by atoms with van der Waals surface area (Å²) in [7, 11) is 0. The summed E-state index contributed by atoms with van der Waals surface area (Å²) in [5, 5.41) is 33.2. The molecule has 0 aliphatic carbocycles. The fourth-order valence-electron chi connectivity index (χ4n) is 6.22. The lowest BCUT2D eigenvalue weighted by molar-refractivity contribution is -0.125. The Balaban J connectivity index is 3.61. The molecule has 3 unspecified atom stereocenters. The summed E-state index contributed by atoms with van der Waals surface area (Å²) < 4.78 is 0. The third kappa shape index (κ3) is 32.8. The lowest BCUT2D eigenvalue weighted by Crippen LogP contribution is -2.46. The lowest BCUT2D eigenvalue weighted by Gasteiger charge is -2.23. The Labute approximate surface area is 280 Å². The predicted octanol–water partition coefficient (Wildman–Crippen LogP) is 10.9. The molecule has 0 saturated carbocycles. The van der Waals surface area contributed by atoms with Gasteiger partial charge in [-0.15, -0.1) is 0 Å². The number of hydrogen-bond donors (Lipinski definition) is 4. The van der Waals surface area contributed by atoms with Crippen molar-refractivity contribution in [3.8, 4) is 0 Å². The van der Waals surface area contributed by atoms with Crippen LogP contribution in [0.25, 0.3) is 0 Å². The Morgan fingerprint density at radius 1 is 0.533 bits per heavy atom. The molecule has 0 rings (SSSR count). The average molecular weight is 638 g/mol. The van der Waals surface area contributed by atoms with Gasteiger partial charge in [0.1, 0.15) is 0 Å². The first-order valence-corrected chi connectivity index (χ1v) is 20.0. The number of unbranched alkanes of at least 4 members (excludes halogenated alkanes) is 25. The highest BCUT2D eigenvalue weighted by Gasteiger charge is 2.21. The summed E-state index contributed by atoms with van der Waals surface area (Å²) >= 11 is 0. The molecule has 0 heterocycles. The predicted molar refractivity (Wildman–Crippen MR) is 195 cm³/mol. The third-order valence-corrected chi connectivity index (χ3v) is 9.33. The molecular weight excluding hydrogens is 558 g/mol. The van der Waals surface area contributed by atoms with Crippen LogP contribution in [0.1, 0.15) is 213 Å². The van der Waals surface area contributed by atoms with Gasteiger partial charge in [0.25, 0.3) is 0 Å². The lowest BCUT2D eigenvalue weighted by atomic mass is 10.0. The Bertz CT molecular complexity index is 625. The molecule has 0 spiro atoms. The second-order valence-electron chi connectivity index (χ2n) is 13.9. The quantitative estimate of drug-likeness (QED) is 0.0406. The highest BCUT2D eigenvalue weighted by Crippen LogP contribution is 2.15. The summed E-state index contributed by atoms with van der Waals surface area (Å²) in [6.07, 6.45) is 40.3. The third-order valence-electron chi connectivity index (χ3n) is 9.33. The molecule has 3 atom stereocenters. The number of carbonyl (C=O) groups is 1. The number of allylic oxidation sites excluding steroid dienone is 2. The number of hydrogen-bond acceptors (Lipinski definition) is 4. The Morgan fingerprint density at radius 3 is 1.29 bits per heavy atom. The van der Waals surface area contributed by atoms with E-state index in [0.29, 0.717) is 12.8 Å². The summed E-state index contributed by atoms with van der Waals surface area (Å²) in [5.74, 6) is -0.288. The van der Waals surface area contributed by atoms with E-state index in [1.54, 1.807) is 0 Å². The molecule has 0 bridgehead atoms. The maximum absolute atomic E-state index is 12.4. The van der Waals surface area contributed by atoms with Crippen molar-refractivity contribution < 1.29 is 20.1 Å². The maximum atomic E-state index is 12.4. The minimum absolute atomic E-state index is 0.0331. The van der Waals surface area contributed by atoms with E-state index in [9.17, 15) is 20.1 Å². The second kappa shape index (κ2) is 35.9. The number of rotatable bonds is 36. The van der Waals surface area contributed by atoms with Gasteiger partial charge in [-0.1, -0.05) is 180 Å². The van der Waals surface area contributed by atoms with E-state index in [-0.39, 0.29) is 18.9 Å². The second-order valence-corrected chi connectivity index (χ2v) is 13.9. The zero-order valence-corrected chi connectivity index (χ0v) is 30.3. The van der Waals surface area contributed by atoms with Gasteiger partial charge in [0.15, 0.2) is 0 Å². The SMILES string of the molecule is CCCCCCCCCCCCC/C=C\CCCCCCCC(O)CC(=O)NC(CO)C(O)CCCCCCCCCCCC. The van der Waals surface area contributed by atoms with Gasteiger partial charge in [-0.25, -0.2) is 0 Å². The number of nitrogens with one attached hydrogen (secondary N) is 1. The highest BCUT2D eigenvalue weighted by molar-refractivity contribution is 5.76. The molecule has 5 heteroatoms. The summed E-state index contributed by atoms with van der Waals surface area (Å²) in [4.78, 5) is 12.4. The summed E-state index contributed by atoms with van der Waals surface area (Å²) in [6.45, 7) is 4.24. The van der Waals surface area contributed by atoms with Crippen LogP contribution >= 0.6 is 0 Å². The molecule has 5 nitrogen and oxygen atoms in total. The van der Waals surface area contributed by atoms with E-state index in [0.717, 1.165) is 32.1 Å². The van der Waals surface area contributed by atoms with Crippen molar-refractivity contribution in [1.82, 2.24) is 5.32 Å². The van der Waals surface area contributed by atoms with Crippen molar-refractivity contribution in [2.75, 3.05) is 6.61 Å². The van der Waals surface area contributed by atoms with Gasteiger partial charge in [0.05, 0.1) is 31.3 Å². The van der Waals surface area contributed by atoms with Crippen molar-refractivity contribution in [1.29, 1.82) is 0 Å². The minimum Gasteiger partial charge on any atom is -0.394 e. The van der Waals surface area contributed by atoms with Crippen LogP contribution in [-0.2, 0) is 4.79 Å². The van der Waals surface area contributed by atoms with Crippen LogP contribution in [0.4, 0.5) is 0 Å².